The van der Waals surface area contributed by atoms with Crippen LogP contribution in [0.1, 0.15) is 39.2 Å². The molecular weight excluding hydrogens is 474 g/mol. The van der Waals surface area contributed by atoms with Crippen LogP contribution < -0.4 is 27.4 Å². The molecule has 0 aliphatic heterocycles. The van der Waals surface area contributed by atoms with Crippen molar-refractivity contribution in [3.8, 4) is 5.75 Å². The first-order chi connectivity index (χ1) is 16.7. The summed E-state index contributed by atoms with van der Waals surface area (Å²) >= 11 is 0. The lowest BCUT2D eigenvalue weighted by Crippen LogP contribution is -2.59. The van der Waals surface area contributed by atoms with E-state index in [2.05, 4.69) is 16.0 Å². The first-order valence-corrected chi connectivity index (χ1v) is 11.3. The van der Waals surface area contributed by atoms with E-state index < -0.39 is 66.3 Å². The highest BCUT2D eigenvalue weighted by atomic mass is 16.4. The number of phenolic OH excluding ortho intramolecular Hbond substituents is 1. The summed E-state index contributed by atoms with van der Waals surface area (Å²) in [6.07, 6.45) is -1.77. The Hall–Kier alpha value is -3.71. The molecule has 0 heterocycles. The van der Waals surface area contributed by atoms with E-state index in [1.807, 2.05) is 0 Å². The predicted molar refractivity (Wildman–Crippen MR) is 128 cm³/mol. The van der Waals surface area contributed by atoms with E-state index in [1.165, 1.54) is 31.2 Å². The molecule has 0 aliphatic carbocycles. The van der Waals surface area contributed by atoms with Crippen molar-refractivity contribution >= 4 is 29.6 Å². The number of carboxylic acids is 1. The van der Waals surface area contributed by atoms with E-state index in [4.69, 9.17) is 11.5 Å². The van der Waals surface area contributed by atoms with Crippen molar-refractivity contribution in [1.82, 2.24) is 16.0 Å². The SMILES string of the molecule is CC(C)CC(NC(=O)C(N)CC(N)=O)C(=O)NC(Cc1ccc(O)cc1)C(=O)NC(C(=O)O)C(C)O. The number of rotatable bonds is 14. The van der Waals surface area contributed by atoms with Crippen LogP contribution >= 0.6 is 0 Å². The van der Waals surface area contributed by atoms with Gasteiger partial charge in [0.1, 0.15) is 17.8 Å². The Morgan fingerprint density at radius 1 is 0.889 bits per heavy atom. The number of aliphatic carboxylic acids is 1. The van der Waals surface area contributed by atoms with Crippen LogP contribution in [0.25, 0.3) is 0 Å². The summed E-state index contributed by atoms with van der Waals surface area (Å²) in [4.78, 5) is 61.0. The van der Waals surface area contributed by atoms with Gasteiger partial charge in [0, 0.05) is 6.42 Å². The minimum atomic E-state index is -1.63. The first kappa shape index (κ1) is 30.3. The summed E-state index contributed by atoms with van der Waals surface area (Å²) in [6.45, 7) is 4.79. The van der Waals surface area contributed by atoms with Crippen molar-refractivity contribution in [2.24, 2.45) is 17.4 Å². The molecule has 13 heteroatoms. The third-order valence-electron chi connectivity index (χ3n) is 5.15. The molecule has 200 valence electrons. The van der Waals surface area contributed by atoms with Crippen molar-refractivity contribution in [3.05, 3.63) is 29.8 Å². The number of benzene rings is 1. The largest absolute Gasteiger partial charge is 0.508 e. The molecule has 0 aromatic heterocycles. The Morgan fingerprint density at radius 3 is 1.89 bits per heavy atom. The number of hydrogen-bond acceptors (Lipinski definition) is 8. The molecule has 36 heavy (non-hydrogen) atoms. The molecule has 4 amide bonds. The Morgan fingerprint density at radius 2 is 1.42 bits per heavy atom. The number of phenols is 1. The van der Waals surface area contributed by atoms with Crippen LogP contribution in [0.4, 0.5) is 0 Å². The normalized spacial score (nSPS) is 15.2. The Balaban J connectivity index is 3.16. The molecule has 0 saturated heterocycles. The van der Waals surface area contributed by atoms with E-state index >= 15 is 0 Å². The van der Waals surface area contributed by atoms with Crippen molar-refractivity contribution in [1.29, 1.82) is 0 Å². The third-order valence-corrected chi connectivity index (χ3v) is 5.15. The molecular formula is C23H35N5O8. The van der Waals surface area contributed by atoms with Crippen LogP contribution in [-0.4, -0.2) is 75.2 Å². The number of carboxylic acid groups (broad SMARTS) is 1. The standard InChI is InChI=1S/C23H35N5O8/c1-11(2)8-16(26-20(32)15(24)10-18(25)31)21(33)27-17(9-13-4-6-14(30)7-5-13)22(34)28-19(12(3)29)23(35)36/h4-7,11-12,15-17,19,29-30H,8-10,24H2,1-3H3,(H2,25,31)(H,26,32)(H,27,33)(H,28,34)(H,35,36). The van der Waals surface area contributed by atoms with Gasteiger partial charge in [-0.3, -0.25) is 19.2 Å². The number of primary amides is 1. The Bertz CT molecular complexity index is 935. The number of nitrogens with two attached hydrogens (primary N) is 2. The second-order valence-electron chi connectivity index (χ2n) is 8.96. The average molecular weight is 510 g/mol. The maximum atomic E-state index is 13.1. The Kier molecular flexibility index (Phi) is 11.8. The van der Waals surface area contributed by atoms with E-state index in [-0.39, 0.29) is 24.5 Å². The fourth-order valence-corrected chi connectivity index (χ4v) is 3.28. The summed E-state index contributed by atoms with van der Waals surface area (Å²) < 4.78 is 0. The molecule has 0 radical (unpaired) electrons. The van der Waals surface area contributed by atoms with Gasteiger partial charge in [0.2, 0.25) is 23.6 Å². The van der Waals surface area contributed by atoms with Crippen LogP contribution in [0.5, 0.6) is 5.75 Å². The zero-order valence-corrected chi connectivity index (χ0v) is 20.4. The molecule has 5 atom stereocenters. The fraction of sp³-hybridized carbons (Fsp3) is 0.522. The molecule has 1 aromatic rings. The molecule has 0 fully saturated rings. The zero-order valence-electron chi connectivity index (χ0n) is 20.4. The lowest BCUT2D eigenvalue weighted by molar-refractivity contribution is -0.145. The molecule has 0 aliphatic rings. The van der Waals surface area contributed by atoms with E-state index in [0.29, 0.717) is 5.56 Å². The van der Waals surface area contributed by atoms with Crippen molar-refractivity contribution in [2.75, 3.05) is 0 Å². The second kappa shape index (κ2) is 14.0. The summed E-state index contributed by atoms with van der Waals surface area (Å²) in [5.74, 6) is -4.76. The molecule has 0 bridgehead atoms. The number of hydrogen-bond donors (Lipinski definition) is 8. The number of nitrogens with one attached hydrogen (secondary N) is 3. The smallest absolute Gasteiger partial charge is 0.328 e. The highest BCUT2D eigenvalue weighted by Crippen LogP contribution is 2.13. The molecule has 13 nitrogen and oxygen atoms in total. The quantitative estimate of drug-likeness (QED) is 0.140. The van der Waals surface area contributed by atoms with Crippen LogP contribution in [0, 0.1) is 5.92 Å². The number of carbonyl (C=O) groups excluding carboxylic acids is 4. The van der Waals surface area contributed by atoms with Gasteiger partial charge in [-0.05, 0) is 37.0 Å². The monoisotopic (exact) mass is 509 g/mol. The number of carbonyl (C=O) groups is 5. The van der Waals surface area contributed by atoms with E-state index in [1.54, 1.807) is 13.8 Å². The average Bonchev–Trinajstić information content (AvgIpc) is 2.76. The van der Waals surface area contributed by atoms with Crippen molar-refractivity contribution < 1.29 is 39.3 Å². The van der Waals surface area contributed by atoms with Gasteiger partial charge < -0.3 is 42.7 Å². The summed E-state index contributed by atoms with van der Waals surface area (Å²) in [5, 5.41) is 35.7. The third kappa shape index (κ3) is 10.3. The minimum absolute atomic E-state index is 0.0177. The van der Waals surface area contributed by atoms with E-state index in [0.717, 1.165) is 0 Å². The summed E-state index contributed by atoms with van der Waals surface area (Å²) in [7, 11) is 0. The van der Waals surface area contributed by atoms with Gasteiger partial charge in [0.25, 0.3) is 0 Å². The predicted octanol–water partition coefficient (Wildman–Crippen LogP) is -1.90. The lowest BCUT2D eigenvalue weighted by Gasteiger charge is -2.26. The highest BCUT2D eigenvalue weighted by Gasteiger charge is 2.32. The van der Waals surface area contributed by atoms with Crippen LogP contribution in [0.2, 0.25) is 0 Å². The first-order valence-electron chi connectivity index (χ1n) is 11.3. The van der Waals surface area contributed by atoms with E-state index in [9.17, 15) is 39.3 Å². The maximum Gasteiger partial charge on any atom is 0.328 e. The number of aliphatic hydroxyl groups excluding tert-OH is 1. The second-order valence-corrected chi connectivity index (χ2v) is 8.96. The van der Waals surface area contributed by atoms with Gasteiger partial charge in [0.15, 0.2) is 6.04 Å². The summed E-state index contributed by atoms with van der Waals surface area (Å²) in [6, 6.07) is 0.460. The van der Waals surface area contributed by atoms with Gasteiger partial charge in [0.05, 0.1) is 18.6 Å². The fourth-order valence-electron chi connectivity index (χ4n) is 3.28. The molecule has 0 spiro atoms. The zero-order chi connectivity index (χ0) is 27.6. The molecule has 1 aromatic carbocycles. The molecule has 5 unspecified atom stereocenters. The molecule has 10 N–H and O–H groups in total. The van der Waals surface area contributed by atoms with Crippen LogP contribution in [-0.2, 0) is 30.4 Å². The van der Waals surface area contributed by atoms with Gasteiger partial charge in [-0.25, -0.2) is 4.79 Å². The van der Waals surface area contributed by atoms with Gasteiger partial charge in [-0.1, -0.05) is 26.0 Å². The topological polar surface area (TPSA) is 234 Å². The molecule has 0 saturated carbocycles. The Labute approximate surface area is 208 Å². The minimum Gasteiger partial charge on any atom is -0.508 e. The lowest BCUT2D eigenvalue weighted by atomic mass is 10.00. The highest BCUT2D eigenvalue weighted by molar-refractivity contribution is 5.95. The molecule has 1 rings (SSSR count). The van der Waals surface area contributed by atoms with Gasteiger partial charge >= 0.3 is 5.97 Å². The van der Waals surface area contributed by atoms with Crippen LogP contribution in [0.3, 0.4) is 0 Å². The number of amides is 4. The number of aromatic hydroxyl groups is 1. The van der Waals surface area contributed by atoms with Crippen molar-refractivity contribution in [2.45, 2.75) is 70.3 Å². The van der Waals surface area contributed by atoms with Gasteiger partial charge in [-0.15, -0.1) is 0 Å². The summed E-state index contributed by atoms with van der Waals surface area (Å²) in [5.41, 5.74) is 11.3. The van der Waals surface area contributed by atoms with Crippen molar-refractivity contribution in [3.63, 3.8) is 0 Å². The maximum absolute atomic E-state index is 13.1. The number of aliphatic hydroxyl groups is 1. The van der Waals surface area contributed by atoms with Crippen LogP contribution in [0.15, 0.2) is 24.3 Å². The van der Waals surface area contributed by atoms with Gasteiger partial charge in [-0.2, -0.15) is 0 Å².